The second-order valence-electron chi connectivity index (χ2n) is 7.27. The number of carbonyl (C=O) groups is 1. The molecule has 1 aliphatic heterocycles. The maximum absolute atomic E-state index is 12.0. The van der Waals surface area contributed by atoms with E-state index >= 15 is 0 Å². The Morgan fingerprint density at radius 1 is 1.37 bits per heavy atom. The predicted molar refractivity (Wildman–Crippen MR) is 109 cm³/mol. The van der Waals surface area contributed by atoms with Gasteiger partial charge in [0, 0.05) is 46.7 Å². The fraction of sp³-hybridized carbons (Fsp3) is 0.700. The van der Waals surface area contributed by atoms with Gasteiger partial charge in [0.1, 0.15) is 12.3 Å². The van der Waals surface area contributed by atoms with Gasteiger partial charge in [-0.1, -0.05) is 13.8 Å². The lowest BCUT2D eigenvalue weighted by atomic mass is 10.1. The summed E-state index contributed by atoms with van der Waals surface area (Å²) >= 11 is 0. The largest absolute Gasteiger partial charge is 0.469 e. The molecule has 0 radical (unpaired) electrons. The van der Waals surface area contributed by atoms with Gasteiger partial charge in [0.2, 0.25) is 5.91 Å². The molecule has 152 valence electrons. The van der Waals surface area contributed by atoms with Crippen molar-refractivity contribution in [2.24, 2.45) is 10.9 Å². The maximum Gasteiger partial charge on any atom is 0.243 e. The number of carbonyl (C=O) groups excluding carboxylic acids is 1. The van der Waals surface area contributed by atoms with Crippen molar-refractivity contribution in [3.05, 3.63) is 24.2 Å². The van der Waals surface area contributed by atoms with Crippen molar-refractivity contribution < 1.29 is 9.21 Å². The van der Waals surface area contributed by atoms with E-state index in [4.69, 9.17) is 4.42 Å². The molecule has 7 nitrogen and oxygen atoms in total. The van der Waals surface area contributed by atoms with Crippen LogP contribution in [0.3, 0.4) is 0 Å². The summed E-state index contributed by atoms with van der Waals surface area (Å²) in [4.78, 5) is 22.9. The Morgan fingerprint density at radius 2 is 2.15 bits per heavy atom. The lowest BCUT2D eigenvalue weighted by Crippen LogP contribution is -2.42. The highest BCUT2D eigenvalue weighted by atomic mass is 16.3. The summed E-state index contributed by atoms with van der Waals surface area (Å²) in [6.45, 7) is 10.6. The summed E-state index contributed by atoms with van der Waals surface area (Å²) in [6, 6.07) is 3.88. The van der Waals surface area contributed by atoms with Crippen molar-refractivity contribution in [1.29, 1.82) is 0 Å². The smallest absolute Gasteiger partial charge is 0.243 e. The zero-order valence-electron chi connectivity index (χ0n) is 17.3. The molecule has 1 aromatic rings. The lowest BCUT2D eigenvalue weighted by molar-refractivity contribution is -0.127. The Balaban J connectivity index is 1.94. The normalized spacial score (nSPS) is 17.6. The standard InChI is InChI=1S/C20H35N5O2/c1-5-24(6-2)15-17-10-12-25(16-17)20(22-14-19(26)23(3)4)21-11-9-18-8-7-13-27-18/h7-8,13,17H,5-6,9-12,14-16H2,1-4H3,(H,21,22). The van der Waals surface area contributed by atoms with E-state index in [1.165, 1.54) is 0 Å². The zero-order chi connectivity index (χ0) is 19.6. The summed E-state index contributed by atoms with van der Waals surface area (Å²) in [5.74, 6) is 2.44. The van der Waals surface area contributed by atoms with E-state index in [9.17, 15) is 4.79 Å². The summed E-state index contributed by atoms with van der Waals surface area (Å²) in [5, 5.41) is 3.43. The number of guanidine groups is 1. The van der Waals surface area contributed by atoms with Gasteiger partial charge in [-0.05, 0) is 37.6 Å². The van der Waals surface area contributed by atoms with E-state index in [1.54, 1.807) is 25.3 Å². The molecule has 27 heavy (non-hydrogen) atoms. The van der Waals surface area contributed by atoms with Crippen LogP contribution in [0.15, 0.2) is 27.8 Å². The van der Waals surface area contributed by atoms with Crippen molar-refractivity contribution in [2.75, 3.05) is 59.9 Å². The number of aliphatic imine (C=N–C) groups is 1. The molecular weight excluding hydrogens is 342 g/mol. The number of amides is 1. The number of nitrogens with zero attached hydrogens (tertiary/aromatic N) is 4. The van der Waals surface area contributed by atoms with Gasteiger partial charge in [-0.15, -0.1) is 0 Å². The average molecular weight is 378 g/mol. The summed E-state index contributed by atoms with van der Waals surface area (Å²) in [6.07, 6.45) is 3.65. The molecular formula is C20H35N5O2. The first kappa shape index (κ1) is 21.3. The van der Waals surface area contributed by atoms with Crippen LogP contribution in [0.2, 0.25) is 0 Å². The monoisotopic (exact) mass is 377 g/mol. The van der Waals surface area contributed by atoms with Crippen molar-refractivity contribution >= 4 is 11.9 Å². The van der Waals surface area contributed by atoms with E-state index in [2.05, 4.69) is 34.0 Å². The minimum Gasteiger partial charge on any atom is -0.469 e. The molecule has 1 unspecified atom stereocenters. The lowest BCUT2D eigenvalue weighted by Gasteiger charge is -2.24. The third-order valence-corrected chi connectivity index (χ3v) is 5.09. The Bertz CT molecular complexity index is 581. The summed E-state index contributed by atoms with van der Waals surface area (Å²) in [7, 11) is 3.52. The van der Waals surface area contributed by atoms with Crippen LogP contribution in [0, 0.1) is 5.92 Å². The molecule has 1 aliphatic rings. The van der Waals surface area contributed by atoms with Gasteiger partial charge in [-0.25, -0.2) is 4.99 Å². The molecule has 1 saturated heterocycles. The van der Waals surface area contributed by atoms with Crippen molar-refractivity contribution in [3.63, 3.8) is 0 Å². The number of furan rings is 1. The van der Waals surface area contributed by atoms with Crippen molar-refractivity contribution in [2.45, 2.75) is 26.7 Å². The van der Waals surface area contributed by atoms with E-state index in [1.807, 2.05) is 12.1 Å². The van der Waals surface area contributed by atoms with Crippen LogP contribution in [0.4, 0.5) is 0 Å². The molecule has 0 spiro atoms. The minimum absolute atomic E-state index is 0.0132. The molecule has 2 heterocycles. The second kappa shape index (κ2) is 11.0. The minimum atomic E-state index is 0.0132. The number of likely N-dealkylation sites (N-methyl/N-ethyl adjacent to an activating group) is 1. The highest BCUT2D eigenvalue weighted by Gasteiger charge is 2.26. The fourth-order valence-electron chi connectivity index (χ4n) is 3.32. The van der Waals surface area contributed by atoms with E-state index in [-0.39, 0.29) is 12.5 Å². The van der Waals surface area contributed by atoms with Crippen LogP contribution in [0.1, 0.15) is 26.0 Å². The first-order valence-electron chi connectivity index (χ1n) is 10.0. The van der Waals surface area contributed by atoms with Crippen LogP contribution in [0.5, 0.6) is 0 Å². The molecule has 2 rings (SSSR count). The SMILES string of the molecule is CCN(CC)CC1CCN(C(=NCC(=O)N(C)C)NCCc2ccco2)C1. The molecule has 1 aromatic heterocycles. The number of likely N-dealkylation sites (tertiary alicyclic amines) is 1. The number of hydrogen-bond donors (Lipinski definition) is 1. The summed E-state index contributed by atoms with van der Waals surface area (Å²) < 4.78 is 5.40. The number of hydrogen-bond acceptors (Lipinski definition) is 4. The number of rotatable bonds is 9. The highest BCUT2D eigenvalue weighted by molar-refractivity contribution is 5.85. The maximum atomic E-state index is 12.0. The van der Waals surface area contributed by atoms with Crippen LogP contribution in [0.25, 0.3) is 0 Å². The van der Waals surface area contributed by atoms with Crippen LogP contribution in [-0.4, -0.2) is 86.5 Å². The molecule has 7 heteroatoms. The fourth-order valence-corrected chi connectivity index (χ4v) is 3.32. The number of nitrogens with one attached hydrogen (secondary N) is 1. The average Bonchev–Trinajstić information content (AvgIpc) is 3.34. The van der Waals surface area contributed by atoms with Gasteiger partial charge in [-0.3, -0.25) is 4.79 Å². The molecule has 1 atom stereocenters. The molecule has 0 aliphatic carbocycles. The molecule has 1 fully saturated rings. The first-order valence-corrected chi connectivity index (χ1v) is 10.0. The molecule has 1 amide bonds. The van der Waals surface area contributed by atoms with Gasteiger partial charge in [-0.2, -0.15) is 0 Å². The van der Waals surface area contributed by atoms with Gasteiger partial charge >= 0.3 is 0 Å². The quantitative estimate of drug-likeness (QED) is 0.522. The van der Waals surface area contributed by atoms with Gasteiger partial charge < -0.3 is 24.4 Å². The Kier molecular flexibility index (Phi) is 8.64. The zero-order valence-corrected chi connectivity index (χ0v) is 17.3. The van der Waals surface area contributed by atoms with Gasteiger partial charge in [0.25, 0.3) is 0 Å². The van der Waals surface area contributed by atoms with Crippen LogP contribution in [-0.2, 0) is 11.2 Å². The van der Waals surface area contributed by atoms with Crippen molar-refractivity contribution in [1.82, 2.24) is 20.0 Å². The van der Waals surface area contributed by atoms with Crippen LogP contribution >= 0.6 is 0 Å². The topological polar surface area (TPSA) is 64.3 Å². The molecule has 0 aromatic carbocycles. The Hall–Kier alpha value is -2.02. The Labute approximate surface area is 163 Å². The molecule has 0 bridgehead atoms. The van der Waals surface area contributed by atoms with Crippen LogP contribution < -0.4 is 5.32 Å². The highest BCUT2D eigenvalue weighted by Crippen LogP contribution is 2.17. The third-order valence-electron chi connectivity index (χ3n) is 5.09. The van der Waals surface area contributed by atoms with Gasteiger partial charge in [0.05, 0.1) is 6.26 Å². The molecule has 0 saturated carbocycles. The summed E-state index contributed by atoms with van der Waals surface area (Å²) in [5.41, 5.74) is 0. The van der Waals surface area contributed by atoms with E-state index in [0.717, 1.165) is 63.8 Å². The molecule has 1 N–H and O–H groups in total. The van der Waals surface area contributed by atoms with E-state index < -0.39 is 0 Å². The third kappa shape index (κ3) is 6.90. The Morgan fingerprint density at radius 3 is 2.78 bits per heavy atom. The van der Waals surface area contributed by atoms with Crippen molar-refractivity contribution in [3.8, 4) is 0 Å². The predicted octanol–water partition coefficient (Wildman–Crippen LogP) is 1.52. The van der Waals surface area contributed by atoms with E-state index in [0.29, 0.717) is 5.92 Å². The second-order valence-corrected chi connectivity index (χ2v) is 7.27. The first-order chi connectivity index (χ1) is 13.0. The van der Waals surface area contributed by atoms with Gasteiger partial charge in [0.15, 0.2) is 5.96 Å².